The first-order chi connectivity index (χ1) is 7.66. The van der Waals surface area contributed by atoms with Gasteiger partial charge in [0.2, 0.25) is 5.91 Å². The van der Waals surface area contributed by atoms with E-state index in [1.807, 2.05) is 11.9 Å². The molecule has 0 bridgehead atoms. The molecule has 4 heteroatoms. The molecule has 0 radical (unpaired) electrons. The fourth-order valence-corrected chi connectivity index (χ4v) is 2.66. The third-order valence-corrected chi connectivity index (χ3v) is 3.73. The third-order valence-electron chi connectivity index (χ3n) is 3.73. The molecule has 0 aromatic rings. The lowest BCUT2D eigenvalue weighted by molar-refractivity contribution is -0.134. The zero-order valence-corrected chi connectivity index (χ0v) is 9.98. The molecule has 1 saturated carbocycles. The number of carbonyl (C=O) groups is 1. The van der Waals surface area contributed by atoms with Gasteiger partial charge in [-0.2, -0.15) is 0 Å². The van der Waals surface area contributed by atoms with Gasteiger partial charge in [0, 0.05) is 13.6 Å². The van der Waals surface area contributed by atoms with E-state index in [9.17, 15) is 9.90 Å². The van der Waals surface area contributed by atoms with Crippen LogP contribution < -0.4 is 5.32 Å². The Morgan fingerprint density at radius 1 is 1.44 bits per heavy atom. The SMILES string of the molecule is CN(CC1CC(O)C1)C(=O)C1CCCCN1. The summed E-state index contributed by atoms with van der Waals surface area (Å²) in [4.78, 5) is 13.9. The Hall–Kier alpha value is -0.610. The van der Waals surface area contributed by atoms with Crippen molar-refractivity contribution in [3.8, 4) is 0 Å². The standard InChI is InChI=1S/C12H22N2O2/c1-14(8-9-6-10(15)7-9)12(16)11-4-2-3-5-13-11/h9-11,13,15H,2-8H2,1H3. The van der Waals surface area contributed by atoms with Crippen LogP contribution in [-0.4, -0.2) is 48.2 Å². The fourth-order valence-electron chi connectivity index (χ4n) is 2.66. The summed E-state index contributed by atoms with van der Waals surface area (Å²) < 4.78 is 0. The highest BCUT2D eigenvalue weighted by Crippen LogP contribution is 2.27. The first-order valence-corrected chi connectivity index (χ1v) is 6.33. The van der Waals surface area contributed by atoms with Crippen molar-refractivity contribution in [3.63, 3.8) is 0 Å². The van der Waals surface area contributed by atoms with Gasteiger partial charge in [0.1, 0.15) is 0 Å². The van der Waals surface area contributed by atoms with Crippen molar-refractivity contribution in [2.24, 2.45) is 5.92 Å². The molecule has 1 amide bonds. The molecule has 16 heavy (non-hydrogen) atoms. The molecule has 2 rings (SSSR count). The largest absolute Gasteiger partial charge is 0.393 e. The number of nitrogens with one attached hydrogen (secondary N) is 1. The third kappa shape index (κ3) is 2.74. The van der Waals surface area contributed by atoms with E-state index in [1.165, 1.54) is 6.42 Å². The number of rotatable bonds is 3. The second-order valence-electron chi connectivity index (χ2n) is 5.21. The Kier molecular flexibility index (Phi) is 3.82. The molecule has 1 aliphatic carbocycles. The van der Waals surface area contributed by atoms with Crippen molar-refractivity contribution in [1.82, 2.24) is 10.2 Å². The molecule has 1 atom stereocenters. The van der Waals surface area contributed by atoms with E-state index in [0.717, 1.165) is 38.8 Å². The molecule has 2 aliphatic rings. The van der Waals surface area contributed by atoms with E-state index in [2.05, 4.69) is 5.32 Å². The Balaban J connectivity index is 1.74. The average molecular weight is 226 g/mol. The minimum atomic E-state index is -0.124. The molecule has 0 aromatic heterocycles. The molecule has 4 nitrogen and oxygen atoms in total. The van der Waals surface area contributed by atoms with Crippen molar-refractivity contribution in [2.45, 2.75) is 44.2 Å². The van der Waals surface area contributed by atoms with Gasteiger partial charge in [-0.05, 0) is 38.1 Å². The summed E-state index contributed by atoms with van der Waals surface area (Å²) >= 11 is 0. The van der Waals surface area contributed by atoms with Crippen molar-refractivity contribution in [1.29, 1.82) is 0 Å². The number of carbonyl (C=O) groups excluding carboxylic acids is 1. The van der Waals surface area contributed by atoms with Gasteiger partial charge in [0.15, 0.2) is 0 Å². The van der Waals surface area contributed by atoms with Crippen LogP contribution in [0.3, 0.4) is 0 Å². The predicted octanol–water partition coefficient (Wildman–Crippen LogP) is 0.358. The topological polar surface area (TPSA) is 52.6 Å². The number of aliphatic hydroxyl groups is 1. The Morgan fingerprint density at radius 3 is 2.75 bits per heavy atom. The Bertz CT molecular complexity index is 245. The Morgan fingerprint density at radius 2 is 2.19 bits per heavy atom. The number of likely N-dealkylation sites (N-methyl/N-ethyl adjacent to an activating group) is 1. The summed E-state index contributed by atoms with van der Waals surface area (Å²) in [6, 6.07) is 0.0312. The number of nitrogens with zero attached hydrogens (tertiary/aromatic N) is 1. The van der Waals surface area contributed by atoms with E-state index < -0.39 is 0 Å². The van der Waals surface area contributed by atoms with E-state index >= 15 is 0 Å². The quantitative estimate of drug-likeness (QED) is 0.730. The lowest BCUT2D eigenvalue weighted by Gasteiger charge is -2.36. The fraction of sp³-hybridized carbons (Fsp3) is 0.917. The summed E-state index contributed by atoms with van der Waals surface area (Å²) in [5.41, 5.74) is 0. The number of hydrogen-bond acceptors (Lipinski definition) is 3. The monoisotopic (exact) mass is 226 g/mol. The van der Waals surface area contributed by atoms with Gasteiger partial charge in [-0.25, -0.2) is 0 Å². The lowest BCUT2D eigenvalue weighted by Crippen LogP contribution is -2.49. The van der Waals surface area contributed by atoms with Gasteiger partial charge >= 0.3 is 0 Å². The van der Waals surface area contributed by atoms with Crippen molar-refractivity contribution in [2.75, 3.05) is 20.1 Å². The second-order valence-corrected chi connectivity index (χ2v) is 5.21. The van der Waals surface area contributed by atoms with Crippen LogP contribution in [0.1, 0.15) is 32.1 Å². The predicted molar refractivity (Wildman–Crippen MR) is 62.0 cm³/mol. The normalized spacial score (nSPS) is 34.2. The van der Waals surface area contributed by atoms with Gasteiger partial charge in [-0.15, -0.1) is 0 Å². The molecule has 1 saturated heterocycles. The molecule has 92 valence electrons. The number of aliphatic hydroxyl groups excluding tert-OH is 1. The minimum Gasteiger partial charge on any atom is -0.393 e. The molecular weight excluding hydrogens is 204 g/mol. The Labute approximate surface area is 97.0 Å². The molecule has 0 aromatic carbocycles. The van der Waals surface area contributed by atoms with Crippen LogP contribution in [0.5, 0.6) is 0 Å². The van der Waals surface area contributed by atoms with Gasteiger partial charge in [-0.3, -0.25) is 4.79 Å². The highest BCUT2D eigenvalue weighted by molar-refractivity contribution is 5.81. The molecule has 1 aliphatic heterocycles. The molecule has 0 spiro atoms. The highest BCUT2D eigenvalue weighted by atomic mass is 16.3. The van der Waals surface area contributed by atoms with E-state index in [-0.39, 0.29) is 18.1 Å². The zero-order valence-electron chi connectivity index (χ0n) is 9.98. The molecule has 1 unspecified atom stereocenters. The van der Waals surface area contributed by atoms with E-state index in [4.69, 9.17) is 0 Å². The first-order valence-electron chi connectivity index (χ1n) is 6.33. The van der Waals surface area contributed by atoms with Crippen LogP contribution in [0.15, 0.2) is 0 Å². The smallest absolute Gasteiger partial charge is 0.239 e. The number of amides is 1. The molecule has 2 N–H and O–H groups in total. The number of hydrogen-bond donors (Lipinski definition) is 2. The van der Waals surface area contributed by atoms with E-state index in [0.29, 0.717) is 5.92 Å². The van der Waals surface area contributed by atoms with Crippen molar-refractivity contribution >= 4 is 5.91 Å². The van der Waals surface area contributed by atoms with Gasteiger partial charge in [-0.1, -0.05) is 6.42 Å². The molecule has 2 fully saturated rings. The number of piperidine rings is 1. The van der Waals surface area contributed by atoms with Crippen LogP contribution >= 0.6 is 0 Å². The van der Waals surface area contributed by atoms with Crippen LogP contribution in [0.2, 0.25) is 0 Å². The minimum absolute atomic E-state index is 0.0312. The molecule has 1 heterocycles. The summed E-state index contributed by atoms with van der Waals surface area (Å²) in [6.45, 7) is 1.76. The zero-order chi connectivity index (χ0) is 11.5. The lowest BCUT2D eigenvalue weighted by atomic mass is 9.82. The van der Waals surface area contributed by atoms with Crippen molar-refractivity contribution in [3.05, 3.63) is 0 Å². The maximum atomic E-state index is 12.1. The first kappa shape index (κ1) is 11.9. The van der Waals surface area contributed by atoms with Gasteiger partial charge in [0.25, 0.3) is 0 Å². The van der Waals surface area contributed by atoms with Crippen LogP contribution in [0.25, 0.3) is 0 Å². The van der Waals surface area contributed by atoms with Gasteiger partial charge in [0.05, 0.1) is 12.1 Å². The van der Waals surface area contributed by atoms with E-state index in [1.54, 1.807) is 0 Å². The molecular formula is C12H22N2O2. The van der Waals surface area contributed by atoms with Crippen LogP contribution in [0, 0.1) is 5.92 Å². The maximum Gasteiger partial charge on any atom is 0.239 e. The second kappa shape index (κ2) is 5.15. The summed E-state index contributed by atoms with van der Waals surface area (Å²) in [5, 5.41) is 12.5. The summed E-state index contributed by atoms with van der Waals surface area (Å²) in [7, 11) is 1.88. The highest BCUT2D eigenvalue weighted by Gasteiger charge is 2.31. The van der Waals surface area contributed by atoms with Gasteiger partial charge < -0.3 is 15.3 Å². The van der Waals surface area contributed by atoms with Crippen molar-refractivity contribution < 1.29 is 9.90 Å². The maximum absolute atomic E-state index is 12.1. The summed E-state index contributed by atoms with van der Waals surface area (Å²) in [5.74, 6) is 0.730. The average Bonchev–Trinajstić information content (AvgIpc) is 2.27. The van der Waals surface area contributed by atoms with Crippen LogP contribution in [-0.2, 0) is 4.79 Å². The summed E-state index contributed by atoms with van der Waals surface area (Å²) in [6.07, 6.45) is 4.89. The van der Waals surface area contributed by atoms with Crippen LogP contribution in [0.4, 0.5) is 0 Å².